The molecule has 1 rings (SSSR count). The van der Waals surface area contributed by atoms with Gasteiger partial charge in [-0.05, 0) is 0 Å². The highest BCUT2D eigenvalue weighted by molar-refractivity contribution is 4.96. The minimum atomic E-state index is -1.43. The Morgan fingerprint density at radius 2 is 1.82 bits per heavy atom. The zero-order chi connectivity index (χ0) is 13.2. The van der Waals surface area contributed by atoms with Crippen molar-refractivity contribution in [3.8, 4) is 0 Å². The van der Waals surface area contributed by atoms with Gasteiger partial charge in [-0.15, -0.1) is 6.58 Å². The quantitative estimate of drug-likeness (QED) is 0.458. The van der Waals surface area contributed by atoms with Crippen molar-refractivity contribution in [1.82, 2.24) is 0 Å². The van der Waals surface area contributed by atoms with Crippen LogP contribution in [0, 0.1) is 5.92 Å². The normalized spacial score (nSPS) is 41.9. The Labute approximate surface area is 100 Å². The van der Waals surface area contributed by atoms with E-state index < -0.39 is 36.8 Å². The van der Waals surface area contributed by atoms with Crippen LogP contribution in [-0.2, 0) is 9.47 Å². The number of aliphatic hydroxyl groups is 4. The predicted molar refractivity (Wildman–Crippen MR) is 59.1 cm³/mol. The van der Waals surface area contributed by atoms with Crippen LogP contribution in [0.1, 0.15) is 6.92 Å². The Morgan fingerprint density at radius 1 is 1.24 bits per heavy atom. The van der Waals surface area contributed by atoms with Crippen molar-refractivity contribution in [2.24, 2.45) is 5.92 Å². The summed E-state index contributed by atoms with van der Waals surface area (Å²) in [6.07, 6.45) is -5.80. The van der Waals surface area contributed by atoms with Crippen LogP contribution in [-0.4, -0.2) is 64.3 Å². The van der Waals surface area contributed by atoms with Crippen LogP contribution in [0.3, 0.4) is 0 Å². The molecule has 1 fully saturated rings. The van der Waals surface area contributed by atoms with Crippen molar-refractivity contribution in [3.63, 3.8) is 0 Å². The molecule has 0 radical (unpaired) electrons. The lowest BCUT2D eigenvalue weighted by atomic mass is 9.90. The fourth-order valence-corrected chi connectivity index (χ4v) is 1.79. The molecule has 0 aliphatic carbocycles. The summed E-state index contributed by atoms with van der Waals surface area (Å²) in [6.45, 7) is 5.24. The molecule has 1 aliphatic rings. The highest BCUT2D eigenvalue weighted by atomic mass is 16.7. The first kappa shape index (κ1) is 14.6. The highest BCUT2D eigenvalue weighted by Gasteiger charge is 2.47. The molecule has 0 aromatic carbocycles. The van der Waals surface area contributed by atoms with Gasteiger partial charge in [0.05, 0.1) is 6.10 Å². The van der Waals surface area contributed by atoms with Crippen molar-refractivity contribution in [2.45, 2.75) is 43.7 Å². The molecule has 0 spiro atoms. The second-order valence-electron chi connectivity index (χ2n) is 4.26. The van der Waals surface area contributed by atoms with Gasteiger partial charge in [0.2, 0.25) is 0 Å². The zero-order valence-electron chi connectivity index (χ0n) is 9.93. The van der Waals surface area contributed by atoms with Gasteiger partial charge in [0.1, 0.15) is 24.4 Å². The van der Waals surface area contributed by atoms with Gasteiger partial charge in [0, 0.05) is 13.0 Å². The van der Waals surface area contributed by atoms with Crippen LogP contribution in [0.2, 0.25) is 0 Å². The molecule has 6 nitrogen and oxygen atoms in total. The summed E-state index contributed by atoms with van der Waals surface area (Å²) in [4.78, 5) is 0. The van der Waals surface area contributed by atoms with Gasteiger partial charge in [-0.2, -0.15) is 0 Å². The molecule has 100 valence electrons. The summed E-state index contributed by atoms with van der Waals surface area (Å²) in [5.41, 5.74) is 0. The largest absolute Gasteiger partial charge is 0.390 e. The molecule has 2 unspecified atom stereocenters. The average molecular weight is 248 g/mol. The SMILES string of the molecule is C=CC(C)C(O)[C@H]1O[C@H](OC)[C@H](O)[C@@H](O)[C@H]1O. The Morgan fingerprint density at radius 3 is 2.29 bits per heavy atom. The third-order valence-corrected chi connectivity index (χ3v) is 3.09. The Kier molecular flexibility index (Phi) is 5.05. The average Bonchev–Trinajstić information content (AvgIpc) is 2.34. The lowest BCUT2D eigenvalue weighted by molar-refractivity contribution is -0.306. The van der Waals surface area contributed by atoms with E-state index in [0.29, 0.717) is 0 Å². The smallest absolute Gasteiger partial charge is 0.186 e. The maximum Gasteiger partial charge on any atom is 0.186 e. The molecule has 4 N–H and O–H groups in total. The molecule has 0 aromatic rings. The molecule has 0 aromatic heterocycles. The van der Waals surface area contributed by atoms with Gasteiger partial charge in [-0.25, -0.2) is 0 Å². The number of rotatable bonds is 4. The minimum Gasteiger partial charge on any atom is -0.390 e. The standard InChI is InChI=1S/C11H20O6/c1-4-5(2)6(12)10-8(14)7(13)9(15)11(16-3)17-10/h4-15H,1H2,2-3H3/t5?,6?,7-,8+,9+,10+,11-/m0/s1. The summed E-state index contributed by atoms with van der Waals surface area (Å²) in [5, 5.41) is 38.8. The number of hydrogen-bond acceptors (Lipinski definition) is 6. The van der Waals surface area contributed by atoms with Crippen molar-refractivity contribution < 1.29 is 29.9 Å². The zero-order valence-corrected chi connectivity index (χ0v) is 9.93. The summed E-state index contributed by atoms with van der Waals surface area (Å²) >= 11 is 0. The Hall–Kier alpha value is -0.500. The van der Waals surface area contributed by atoms with Gasteiger partial charge in [0.25, 0.3) is 0 Å². The third-order valence-electron chi connectivity index (χ3n) is 3.09. The predicted octanol–water partition coefficient (Wildman–Crippen LogP) is -1.38. The molecule has 7 atom stereocenters. The van der Waals surface area contributed by atoms with E-state index in [9.17, 15) is 20.4 Å². The van der Waals surface area contributed by atoms with E-state index in [1.165, 1.54) is 13.2 Å². The first-order valence-electron chi connectivity index (χ1n) is 5.47. The molecule has 17 heavy (non-hydrogen) atoms. The maximum absolute atomic E-state index is 9.93. The second-order valence-corrected chi connectivity index (χ2v) is 4.26. The van der Waals surface area contributed by atoms with E-state index in [-0.39, 0.29) is 5.92 Å². The number of hydrogen-bond donors (Lipinski definition) is 4. The molecule has 1 saturated heterocycles. The molecule has 0 bridgehead atoms. The van der Waals surface area contributed by atoms with Gasteiger partial charge >= 0.3 is 0 Å². The summed E-state index contributed by atoms with van der Waals surface area (Å²) in [5.74, 6) is -0.324. The van der Waals surface area contributed by atoms with Crippen LogP contribution in [0.15, 0.2) is 12.7 Å². The molecular formula is C11H20O6. The lowest BCUT2D eigenvalue weighted by Crippen LogP contribution is -2.61. The van der Waals surface area contributed by atoms with Crippen LogP contribution < -0.4 is 0 Å². The Balaban J connectivity index is 2.81. The van der Waals surface area contributed by atoms with E-state index >= 15 is 0 Å². The molecular weight excluding hydrogens is 228 g/mol. The number of aliphatic hydroxyl groups excluding tert-OH is 4. The van der Waals surface area contributed by atoms with Crippen molar-refractivity contribution in [2.75, 3.05) is 7.11 Å². The fraction of sp³-hybridized carbons (Fsp3) is 0.818. The van der Waals surface area contributed by atoms with E-state index in [0.717, 1.165) is 0 Å². The summed E-state index contributed by atoms with van der Waals surface area (Å²) < 4.78 is 10.1. The first-order valence-corrected chi connectivity index (χ1v) is 5.47. The highest BCUT2D eigenvalue weighted by Crippen LogP contribution is 2.26. The van der Waals surface area contributed by atoms with Gasteiger partial charge in [0.15, 0.2) is 6.29 Å². The van der Waals surface area contributed by atoms with Gasteiger partial charge < -0.3 is 29.9 Å². The third kappa shape index (κ3) is 2.85. The number of ether oxygens (including phenoxy) is 2. The van der Waals surface area contributed by atoms with Crippen molar-refractivity contribution >= 4 is 0 Å². The van der Waals surface area contributed by atoms with Crippen LogP contribution >= 0.6 is 0 Å². The molecule has 6 heteroatoms. The van der Waals surface area contributed by atoms with Crippen LogP contribution in [0.5, 0.6) is 0 Å². The fourth-order valence-electron chi connectivity index (χ4n) is 1.79. The molecule has 0 saturated carbocycles. The van der Waals surface area contributed by atoms with E-state index in [2.05, 4.69) is 6.58 Å². The van der Waals surface area contributed by atoms with Gasteiger partial charge in [-0.3, -0.25) is 0 Å². The van der Waals surface area contributed by atoms with Crippen LogP contribution in [0.25, 0.3) is 0 Å². The van der Waals surface area contributed by atoms with Crippen molar-refractivity contribution in [3.05, 3.63) is 12.7 Å². The summed E-state index contributed by atoms with van der Waals surface area (Å²) in [7, 11) is 1.30. The first-order chi connectivity index (χ1) is 7.93. The van der Waals surface area contributed by atoms with E-state index in [1.807, 2.05) is 0 Å². The maximum atomic E-state index is 9.93. The Bertz CT molecular complexity index is 256. The number of methoxy groups -OCH3 is 1. The molecule has 0 amide bonds. The topological polar surface area (TPSA) is 99.4 Å². The van der Waals surface area contributed by atoms with E-state index in [1.54, 1.807) is 6.92 Å². The lowest BCUT2D eigenvalue weighted by Gasteiger charge is -2.42. The summed E-state index contributed by atoms with van der Waals surface area (Å²) in [6, 6.07) is 0. The molecule has 1 heterocycles. The van der Waals surface area contributed by atoms with Crippen LogP contribution in [0.4, 0.5) is 0 Å². The molecule has 1 aliphatic heterocycles. The van der Waals surface area contributed by atoms with E-state index in [4.69, 9.17) is 9.47 Å². The van der Waals surface area contributed by atoms with Gasteiger partial charge in [-0.1, -0.05) is 13.0 Å². The second kappa shape index (κ2) is 5.90. The minimum absolute atomic E-state index is 0.324. The monoisotopic (exact) mass is 248 g/mol. The van der Waals surface area contributed by atoms with Crippen molar-refractivity contribution in [1.29, 1.82) is 0 Å².